The Bertz CT molecular complexity index is 889. The standard InChI is InChI=1S/C18H18Cl2O5/c1-8-6-9(2)11(10(19)7-8)12-14(21)13(20)15(25-16(12)22)18(3,4)17(23)24-5/h6-7,21H,1-5H3. The first-order valence-corrected chi connectivity index (χ1v) is 8.19. The number of hydrogen-bond acceptors (Lipinski definition) is 5. The molecule has 0 bridgehead atoms. The molecule has 0 unspecified atom stereocenters. The van der Waals surface area contributed by atoms with E-state index >= 15 is 0 Å². The molecule has 1 heterocycles. The van der Waals surface area contributed by atoms with Crippen LogP contribution in [0.3, 0.4) is 0 Å². The Hall–Kier alpha value is -1.98. The predicted molar refractivity (Wildman–Crippen MR) is 96.6 cm³/mol. The Labute approximate surface area is 155 Å². The summed E-state index contributed by atoms with van der Waals surface area (Å²) >= 11 is 12.5. The summed E-state index contributed by atoms with van der Waals surface area (Å²) in [4.78, 5) is 24.5. The molecule has 1 aromatic heterocycles. The van der Waals surface area contributed by atoms with Crippen LogP contribution in [0.1, 0.15) is 30.7 Å². The van der Waals surface area contributed by atoms with Crippen molar-refractivity contribution >= 4 is 29.2 Å². The molecule has 7 heteroatoms. The van der Waals surface area contributed by atoms with Crippen molar-refractivity contribution in [3.63, 3.8) is 0 Å². The Morgan fingerprint density at radius 3 is 2.32 bits per heavy atom. The van der Waals surface area contributed by atoms with Crippen LogP contribution in [0.25, 0.3) is 11.1 Å². The molecule has 0 atom stereocenters. The molecular weight excluding hydrogens is 367 g/mol. The SMILES string of the molecule is COC(=O)C(C)(C)c1oc(=O)c(-c2c(C)cc(C)cc2Cl)c(O)c1Cl. The predicted octanol–water partition coefficient (Wildman–Crippen LogP) is 4.39. The van der Waals surface area contributed by atoms with Crippen LogP contribution in [0.2, 0.25) is 10.0 Å². The molecule has 1 aromatic carbocycles. The average molecular weight is 385 g/mol. The third-order valence-electron chi connectivity index (χ3n) is 3.99. The first-order chi connectivity index (χ1) is 11.5. The molecule has 0 saturated heterocycles. The number of methoxy groups -OCH3 is 1. The van der Waals surface area contributed by atoms with Gasteiger partial charge in [-0.05, 0) is 44.9 Å². The first-order valence-electron chi connectivity index (χ1n) is 7.44. The van der Waals surface area contributed by atoms with Crippen LogP contribution in [-0.4, -0.2) is 18.2 Å². The van der Waals surface area contributed by atoms with Crippen molar-refractivity contribution < 1.29 is 19.1 Å². The van der Waals surface area contributed by atoms with E-state index in [2.05, 4.69) is 0 Å². The Balaban J connectivity index is 2.81. The van der Waals surface area contributed by atoms with Gasteiger partial charge in [0.1, 0.15) is 21.8 Å². The van der Waals surface area contributed by atoms with E-state index in [0.29, 0.717) is 11.1 Å². The zero-order chi connectivity index (χ0) is 19.1. The van der Waals surface area contributed by atoms with Gasteiger partial charge < -0.3 is 14.3 Å². The fourth-order valence-corrected chi connectivity index (χ4v) is 3.49. The third-order valence-corrected chi connectivity index (χ3v) is 4.64. The molecular formula is C18H18Cl2O5. The minimum Gasteiger partial charge on any atom is -0.505 e. The summed E-state index contributed by atoms with van der Waals surface area (Å²) in [6.45, 7) is 6.58. The molecule has 0 spiro atoms. The summed E-state index contributed by atoms with van der Waals surface area (Å²) in [7, 11) is 1.21. The van der Waals surface area contributed by atoms with Crippen LogP contribution >= 0.6 is 23.2 Å². The Morgan fingerprint density at radius 2 is 1.80 bits per heavy atom. The number of benzene rings is 1. The highest BCUT2D eigenvalue weighted by Crippen LogP contribution is 2.42. The monoisotopic (exact) mass is 384 g/mol. The molecule has 1 N–H and O–H groups in total. The lowest BCUT2D eigenvalue weighted by Crippen LogP contribution is -2.31. The van der Waals surface area contributed by atoms with E-state index in [1.54, 1.807) is 13.0 Å². The fraction of sp³-hybridized carbons (Fsp3) is 0.333. The number of carbonyl (C=O) groups is 1. The highest BCUT2D eigenvalue weighted by atomic mass is 35.5. The number of aromatic hydroxyl groups is 1. The Kier molecular flexibility index (Phi) is 5.21. The normalized spacial score (nSPS) is 11.5. The minimum atomic E-state index is -1.35. The van der Waals surface area contributed by atoms with Gasteiger partial charge in [0.05, 0.1) is 7.11 Å². The molecule has 0 saturated carbocycles. The summed E-state index contributed by atoms with van der Waals surface area (Å²) in [6.07, 6.45) is 0. The minimum absolute atomic E-state index is 0.142. The van der Waals surface area contributed by atoms with E-state index in [9.17, 15) is 14.7 Å². The van der Waals surface area contributed by atoms with Crippen LogP contribution in [0, 0.1) is 13.8 Å². The van der Waals surface area contributed by atoms with Crippen LogP contribution in [0.15, 0.2) is 21.3 Å². The maximum atomic E-state index is 12.6. The van der Waals surface area contributed by atoms with E-state index in [1.807, 2.05) is 13.0 Å². The molecule has 0 aliphatic rings. The molecule has 0 radical (unpaired) electrons. The maximum absolute atomic E-state index is 12.6. The number of ether oxygens (including phenoxy) is 1. The quantitative estimate of drug-likeness (QED) is 0.794. The lowest BCUT2D eigenvalue weighted by atomic mass is 9.89. The van der Waals surface area contributed by atoms with Crippen molar-refractivity contribution in [2.75, 3.05) is 7.11 Å². The van der Waals surface area contributed by atoms with Gasteiger partial charge in [-0.15, -0.1) is 0 Å². The Morgan fingerprint density at radius 1 is 1.20 bits per heavy atom. The van der Waals surface area contributed by atoms with Gasteiger partial charge in [0, 0.05) is 10.6 Å². The van der Waals surface area contributed by atoms with E-state index in [0.717, 1.165) is 5.56 Å². The highest BCUT2D eigenvalue weighted by Gasteiger charge is 2.38. The number of halogens is 2. The smallest absolute Gasteiger partial charge is 0.347 e. The van der Waals surface area contributed by atoms with Crippen molar-refractivity contribution in [3.05, 3.63) is 49.5 Å². The number of hydrogen-bond donors (Lipinski definition) is 1. The van der Waals surface area contributed by atoms with Gasteiger partial charge in [0.15, 0.2) is 5.75 Å². The van der Waals surface area contributed by atoms with Crippen molar-refractivity contribution in [3.8, 4) is 16.9 Å². The average Bonchev–Trinajstić information content (AvgIpc) is 2.52. The van der Waals surface area contributed by atoms with Crippen molar-refractivity contribution in [1.29, 1.82) is 0 Å². The molecule has 0 amide bonds. The molecule has 25 heavy (non-hydrogen) atoms. The molecule has 2 aromatic rings. The summed E-state index contributed by atoms with van der Waals surface area (Å²) in [5, 5.41) is 10.6. The van der Waals surface area contributed by atoms with Crippen LogP contribution in [0.4, 0.5) is 0 Å². The summed E-state index contributed by atoms with van der Waals surface area (Å²) < 4.78 is 10.0. The van der Waals surface area contributed by atoms with E-state index in [4.69, 9.17) is 32.4 Å². The van der Waals surface area contributed by atoms with Crippen LogP contribution < -0.4 is 5.63 Å². The van der Waals surface area contributed by atoms with Crippen LogP contribution in [0.5, 0.6) is 5.75 Å². The molecule has 2 rings (SSSR count). The second kappa shape index (κ2) is 6.73. The third kappa shape index (κ3) is 3.26. The van der Waals surface area contributed by atoms with Crippen molar-refractivity contribution in [2.24, 2.45) is 0 Å². The molecule has 134 valence electrons. The lowest BCUT2D eigenvalue weighted by Gasteiger charge is -2.22. The van der Waals surface area contributed by atoms with E-state index in [1.165, 1.54) is 21.0 Å². The van der Waals surface area contributed by atoms with Gasteiger partial charge >= 0.3 is 11.6 Å². The molecule has 5 nitrogen and oxygen atoms in total. The maximum Gasteiger partial charge on any atom is 0.347 e. The molecule has 0 aliphatic heterocycles. The topological polar surface area (TPSA) is 76.7 Å². The van der Waals surface area contributed by atoms with Gasteiger partial charge in [-0.25, -0.2) is 4.79 Å². The zero-order valence-corrected chi connectivity index (χ0v) is 16.0. The summed E-state index contributed by atoms with van der Waals surface area (Å²) in [5.41, 5.74) is -0.413. The number of esters is 1. The largest absolute Gasteiger partial charge is 0.505 e. The van der Waals surface area contributed by atoms with Gasteiger partial charge in [0.25, 0.3) is 0 Å². The number of aryl methyl sites for hydroxylation is 2. The van der Waals surface area contributed by atoms with Crippen LogP contribution in [-0.2, 0) is 14.9 Å². The first kappa shape index (κ1) is 19.3. The van der Waals surface area contributed by atoms with Gasteiger partial charge in [-0.2, -0.15) is 0 Å². The number of carbonyl (C=O) groups excluding carboxylic acids is 1. The second-order valence-corrected chi connectivity index (χ2v) is 7.10. The summed E-state index contributed by atoms with van der Waals surface area (Å²) in [5.74, 6) is -1.32. The van der Waals surface area contributed by atoms with Gasteiger partial charge in [0.2, 0.25) is 0 Å². The van der Waals surface area contributed by atoms with Gasteiger partial charge in [-0.1, -0.05) is 29.3 Å². The van der Waals surface area contributed by atoms with E-state index < -0.39 is 22.8 Å². The van der Waals surface area contributed by atoms with Gasteiger partial charge in [-0.3, -0.25) is 4.79 Å². The van der Waals surface area contributed by atoms with Crippen molar-refractivity contribution in [2.45, 2.75) is 33.1 Å². The van der Waals surface area contributed by atoms with Crippen molar-refractivity contribution in [1.82, 2.24) is 0 Å². The van der Waals surface area contributed by atoms with E-state index in [-0.39, 0.29) is 21.4 Å². The summed E-state index contributed by atoms with van der Waals surface area (Å²) in [6, 6.07) is 3.49. The second-order valence-electron chi connectivity index (χ2n) is 6.31. The highest BCUT2D eigenvalue weighted by molar-refractivity contribution is 6.35. The zero-order valence-electron chi connectivity index (χ0n) is 14.5. The molecule has 0 aliphatic carbocycles. The number of rotatable bonds is 3. The lowest BCUT2D eigenvalue weighted by molar-refractivity contribution is -0.146. The molecule has 0 fully saturated rings. The fourth-order valence-electron chi connectivity index (χ4n) is 2.71.